The molecule has 0 bridgehead atoms. The van der Waals surface area contributed by atoms with Gasteiger partial charge in [0.2, 0.25) is 5.91 Å². The maximum Gasteiger partial charge on any atom is 0.338 e. The number of fused-ring (bicyclic) bond motifs is 1. The molecule has 1 unspecified atom stereocenters. The van der Waals surface area contributed by atoms with Crippen LogP contribution >= 0.6 is 0 Å². The molecular weight excluding hydrogens is 364 g/mol. The van der Waals surface area contributed by atoms with E-state index in [0.717, 1.165) is 16.8 Å². The summed E-state index contributed by atoms with van der Waals surface area (Å²) >= 11 is 0. The van der Waals surface area contributed by atoms with Crippen LogP contribution in [0.3, 0.4) is 0 Å². The summed E-state index contributed by atoms with van der Waals surface area (Å²) in [5, 5.41) is 2.94. The Bertz CT molecular complexity index is 1090. The molecule has 1 heterocycles. The van der Waals surface area contributed by atoms with Crippen molar-refractivity contribution in [2.75, 3.05) is 11.9 Å². The van der Waals surface area contributed by atoms with E-state index in [9.17, 15) is 9.59 Å². The number of esters is 1. The molecule has 3 aromatic rings. The Morgan fingerprint density at radius 2 is 1.69 bits per heavy atom. The van der Waals surface area contributed by atoms with Gasteiger partial charge in [0, 0.05) is 5.69 Å². The second kappa shape index (κ2) is 8.10. The fraction of sp³-hybridized carbons (Fsp3) is 0.125. The van der Waals surface area contributed by atoms with E-state index >= 15 is 0 Å². The summed E-state index contributed by atoms with van der Waals surface area (Å²) in [6, 6.07) is 24.2. The van der Waals surface area contributed by atoms with Gasteiger partial charge in [-0.3, -0.25) is 9.79 Å². The lowest BCUT2D eigenvalue weighted by Crippen LogP contribution is -2.22. The highest BCUT2D eigenvalue weighted by molar-refractivity contribution is 6.24. The molecule has 3 aromatic carbocycles. The fourth-order valence-electron chi connectivity index (χ4n) is 3.44. The number of aliphatic imine (C=N–C) groups is 1. The summed E-state index contributed by atoms with van der Waals surface area (Å²) in [7, 11) is 0. The van der Waals surface area contributed by atoms with Crippen LogP contribution in [0.15, 0.2) is 83.9 Å². The van der Waals surface area contributed by atoms with E-state index in [1.165, 1.54) is 0 Å². The normalized spacial score (nSPS) is 15.6. The lowest BCUT2D eigenvalue weighted by molar-refractivity contribution is -0.115. The molecule has 1 aliphatic rings. The van der Waals surface area contributed by atoms with Crippen LogP contribution in [-0.4, -0.2) is 24.2 Å². The van der Waals surface area contributed by atoms with Crippen molar-refractivity contribution in [1.29, 1.82) is 0 Å². The maximum absolute atomic E-state index is 12.8. The van der Waals surface area contributed by atoms with E-state index in [1.54, 1.807) is 25.1 Å². The second-order valence-corrected chi connectivity index (χ2v) is 6.64. The number of nitrogens with one attached hydrogen (secondary N) is 1. The minimum absolute atomic E-state index is 0.115. The van der Waals surface area contributed by atoms with Crippen LogP contribution < -0.4 is 5.32 Å². The first-order valence-electron chi connectivity index (χ1n) is 9.48. The van der Waals surface area contributed by atoms with Gasteiger partial charge in [-0.05, 0) is 42.3 Å². The molecule has 1 aliphatic heterocycles. The lowest BCUT2D eigenvalue weighted by Gasteiger charge is -2.14. The predicted molar refractivity (Wildman–Crippen MR) is 113 cm³/mol. The Kier molecular flexibility index (Phi) is 5.20. The van der Waals surface area contributed by atoms with E-state index in [0.29, 0.717) is 23.6 Å². The number of para-hydroxylation sites is 1. The van der Waals surface area contributed by atoms with Crippen molar-refractivity contribution in [3.8, 4) is 0 Å². The van der Waals surface area contributed by atoms with E-state index in [-0.39, 0.29) is 5.91 Å². The quantitative estimate of drug-likeness (QED) is 0.511. The molecule has 1 amide bonds. The van der Waals surface area contributed by atoms with Crippen molar-refractivity contribution in [3.05, 3.63) is 95.6 Å². The van der Waals surface area contributed by atoms with Crippen LogP contribution in [0.4, 0.5) is 11.4 Å². The topological polar surface area (TPSA) is 67.8 Å². The molecule has 0 fully saturated rings. The third kappa shape index (κ3) is 3.80. The van der Waals surface area contributed by atoms with Gasteiger partial charge in [0.25, 0.3) is 0 Å². The molecule has 29 heavy (non-hydrogen) atoms. The maximum atomic E-state index is 12.8. The first kappa shape index (κ1) is 18.6. The first-order chi connectivity index (χ1) is 14.2. The number of ether oxygens (including phenoxy) is 1. The number of carbonyl (C=O) groups is 2. The second-order valence-electron chi connectivity index (χ2n) is 6.64. The van der Waals surface area contributed by atoms with Gasteiger partial charge in [-0.25, -0.2) is 4.79 Å². The third-order valence-electron chi connectivity index (χ3n) is 4.74. The molecule has 0 saturated heterocycles. The summed E-state index contributed by atoms with van der Waals surface area (Å²) in [5.41, 5.74) is 4.19. The zero-order valence-corrected chi connectivity index (χ0v) is 16.0. The van der Waals surface area contributed by atoms with E-state index < -0.39 is 11.9 Å². The van der Waals surface area contributed by atoms with Gasteiger partial charge in [0.05, 0.1) is 23.6 Å². The van der Waals surface area contributed by atoms with Gasteiger partial charge < -0.3 is 10.1 Å². The smallest absolute Gasteiger partial charge is 0.338 e. The molecule has 144 valence electrons. The van der Waals surface area contributed by atoms with Crippen LogP contribution in [0.25, 0.3) is 0 Å². The first-order valence-corrected chi connectivity index (χ1v) is 9.48. The summed E-state index contributed by atoms with van der Waals surface area (Å²) < 4.78 is 5.08. The number of hydrogen-bond donors (Lipinski definition) is 1. The Morgan fingerprint density at radius 3 is 2.48 bits per heavy atom. The molecule has 1 N–H and O–H groups in total. The van der Waals surface area contributed by atoms with Gasteiger partial charge in [-0.15, -0.1) is 0 Å². The summed E-state index contributed by atoms with van der Waals surface area (Å²) in [4.78, 5) is 29.7. The standard InChI is InChI=1S/C24H20N2O3/c1-2-29-24(28)17-11-8-12-18(15-17)25-22(16-9-4-3-5-10-16)21-19-13-6-7-14-20(19)26-23(21)27/h3-15,21H,2H2,1H3,(H,26,27). The van der Waals surface area contributed by atoms with E-state index in [4.69, 9.17) is 9.73 Å². The van der Waals surface area contributed by atoms with Crippen LogP contribution in [-0.2, 0) is 9.53 Å². The number of carbonyl (C=O) groups excluding carboxylic acids is 2. The Labute approximate surface area is 169 Å². The largest absolute Gasteiger partial charge is 0.462 e. The van der Waals surface area contributed by atoms with E-state index in [2.05, 4.69) is 5.32 Å². The third-order valence-corrected chi connectivity index (χ3v) is 4.74. The highest BCUT2D eigenvalue weighted by atomic mass is 16.5. The number of anilines is 1. The van der Waals surface area contributed by atoms with Gasteiger partial charge in [0.15, 0.2) is 0 Å². The van der Waals surface area contributed by atoms with Crippen molar-refractivity contribution < 1.29 is 14.3 Å². The summed E-state index contributed by atoms with van der Waals surface area (Å²) in [6.07, 6.45) is 0. The predicted octanol–water partition coefficient (Wildman–Crippen LogP) is 4.72. The average Bonchev–Trinajstić information content (AvgIpc) is 3.08. The van der Waals surface area contributed by atoms with Gasteiger partial charge >= 0.3 is 5.97 Å². The Hall–Kier alpha value is -3.73. The van der Waals surface area contributed by atoms with Crippen molar-refractivity contribution in [1.82, 2.24) is 0 Å². The molecule has 0 aromatic heterocycles. The number of rotatable bonds is 5. The van der Waals surface area contributed by atoms with Crippen molar-refractivity contribution in [2.24, 2.45) is 4.99 Å². The number of hydrogen-bond acceptors (Lipinski definition) is 4. The molecular formula is C24H20N2O3. The van der Waals surface area contributed by atoms with Crippen molar-refractivity contribution in [2.45, 2.75) is 12.8 Å². The zero-order chi connectivity index (χ0) is 20.2. The highest BCUT2D eigenvalue weighted by Crippen LogP contribution is 2.36. The van der Waals surface area contributed by atoms with Gasteiger partial charge in [0.1, 0.15) is 5.92 Å². The van der Waals surface area contributed by atoms with Crippen LogP contribution in [0.1, 0.15) is 34.3 Å². The monoisotopic (exact) mass is 384 g/mol. The average molecular weight is 384 g/mol. The highest BCUT2D eigenvalue weighted by Gasteiger charge is 2.35. The lowest BCUT2D eigenvalue weighted by atomic mass is 9.90. The zero-order valence-electron chi connectivity index (χ0n) is 16.0. The van der Waals surface area contributed by atoms with Gasteiger partial charge in [-0.1, -0.05) is 54.6 Å². The molecule has 0 aliphatic carbocycles. The number of nitrogens with zero attached hydrogens (tertiary/aromatic N) is 1. The minimum Gasteiger partial charge on any atom is -0.462 e. The van der Waals surface area contributed by atoms with Crippen LogP contribution in [0.2, 0.25) is 0 Å². The molecule has 0 radical (unpaired) electrons. The number of amides is 1. The summed E-state index contributed by atoms with van der Waals surface area (Å²) in [6.45, 7) is 2.07. The molecule has 5 heteroatoms. The van der Waals surface area contributed by atoms with Crippen molar-refractivity contribution >= 4 is 29.0 Å². The fourth-order valence-corrected chi connectivity index (χ4v) is 3.44. The minimum atomic E-state index is -0.528. The Balaban J connectivity index is 1.82. The van der Waals surface area contributed by atoms with Crippen LogP contribution in [0.5, 0.6) is 0 Å². The van der Waals surface area contributed by atoms with E-state index in [1.807, 2.05) is 60.7 Å². The molecule has 4 rings (SSSR count). The SMILES string of the molecule is CCOC(=O)c1cccc(N=C(c2ccccc2)C2C(=O)Nc3ccccc32)c1. The molecule has 0 saturated carbocycles. The summed E-state index contributed by atoms with van der Waals surface area (Å²) in [5.74, 6) is -1.04. The van der Waals surface area contributed by atoms with Crippen LogP contribution in [0, 0.1) is 0 Å². The van der Waals surface area contributed by atoms with Gasteiger partial charge in [-0.2, -0.15) is 0 Å². The molecule has 1 atom stereocenters. The van der Waals surface area contributed by atoms with Crippen molar-refractivity contribution in [3.63, 3.8) is 0 Å². The molecule has 5 nitrogen and oxygen atoms in total. The molecule has 0 spiro atoms. The number of benzene rings is 3. The Morgan fingerprint density at radius 1 is 0.966 bits per heavy atom.